The average molecular weight is 332 g/mol. The van der Waals surface area contributed by atoms with Gasteiger partial charge in [-0.05, 0) is 13.3 Å². The molecule has 2 N–H and O–H groups in total. The Labute approximate surface area is 133 Å². The number of nitrogens with zero attached hydrogens (tertiary/aromatic N) is 4. The van der Waals surface area contributed by atoms with Crippen LogP contribution < -0.4 is 10.6 Å². The third kappa shape index (κ3) is 6.09. The number of aromatic nitrogens is 2. The summed E-state index contributed by atoms with van der Waals surface area (Å²) in [6.45, 7) is 3.08. The number of guanidine groups is 1. The highest BCUT2D eigenvalue weighted by Crippen LogP contribution is 2.19. The van der Waals surface area contributed by atoms with Gasteiger partial charge in [0.1, 0.15) is 0 Å². The van der Waals surface area contributed by atoms with E-state index in [9.17, 15) is 13.2 Å². The van der Waals surface area contributed by atoms with E-state index in [0.717, 1.165) is 5.56 Å². The van der Waals surface area contributed by atoms with Crippen LogP contribution in [0, 0.1) is 0 Å². The summed E-state index contributed by atoms with van der Waals surface area (Å²) in [6, 6.07) is -0.0240. The second-order valence-electron chi connectivity index (χ2n) is 5.70. The van der Waals surface area contributed by atoms with E-state index >= 15 is 0 Å². The van der Waals surface area contributed by atoms with Crippen LogP contribution in [0.1, 0.15) is 18.9 Å². The highest BCUT2D eigenvalue weighted by atomic mass is 19.4. The van der Waals surface area contributed by atoms with Crippen molar-refractivity contribution in [2.45, 2.75) is 32.1 Å². The van der Waals surface area contributed by atoms with Crippen LogP contribution in [-0.2, 0) is 13.6 Å². The van der Waals surface area contributed by atoms with Gasteiger partial charge >= 0.3 is 6.18 Å². The smallest absolute Gasteiger partial charge is 0.357 e. The first-order valence-corrected chi connectivity index (χ1v) is 7.67. The maximum atomic E-state index is 12.4. The van der Waals surface area contributed by atoms with E-state index in [1.54, 1.807) is 10.9 Å². The van der Waals surface area contributed by atoms with Crippen molar-refractivity contribution in [3.8, 4) is 0 Å². The topological polar surface area (TPSA) is 57.5 Å². The minimum absolute atomic E-state index is 0.0240. The van der Waals surface area contributed by atoms with Crippen molar-refractivity contribution in [1.82, 2.24) is 25.3 Å². The molecule has 0 bridgehead atoms. The fraction of sp³-hybridized carbons (Fsp3) is 0.714. The molecule has 0 amide bonds. The van der Waals surface area contributed by atoms with E-state index in [-0.39, 0.29) is 6.04 Å². The molecule has 0 saturated carbocycles. The fourth-order valence-electron chi connectivity index (χ4n) is 2.58. The predicted octanol–water partition coefficient (Wildman–Crippen LogP) is 1.11. The number of aryl methyl sites for hydroxylation is 1. The first-order valence-electron chi connectivity index (χ1n) is 7.67. The molecular formula is C14H23F3N6. The van der Waals surface area contributed by atoms with Crippen molar-refractivity contribution < 1.29 is 13.2 Å². The molecule has 1 aliphatic heterocycles. The molecule has 1 aliphatic rings. The number of hydrogen-bond acceptors (Lipinski definition) is 3. The number of nitrogens with one attached hydrogen (secondary N) is 2. The van der Waals surface area contributed by atoms with Gasteiger partial charge in [0.15, 0.2) is 5.96 Å². The van der Waals surface area contributed by atoms with Gasteiger partial charge in [-0.1, -0.05) is 0 Å². The monoisotopic (exact) mass is 332 g/mol. The quantitative estimate of drug-likeness (QED) is 0.627. The lowest BCUT2D eigenvalue weighted by atomic mass is 10.3. The van der Waals surface area contributed by atoms with E-state index in [1.807, 2.05) is 20.2 Å². The summed E-state index contributed by atoms with van der Waals surface area (Å²) in [7, 11) is 1.84. The maximum absolute atomic E-state index is 12.4. The normalized spacial score (nSPS) is 20.0. The zero-order valence-electron chi connectivity index (χ0n) is 13.4. The zero-order valence-corrected chi connectivity index (χ0v) is 13.4. The van der Waals surface area contributed by atoms with Crippen molar-refractivity contribution >= 4 is 5.96 Å². The van der Waals surface area contributed by atoms with Crippen LogP contribution in [-0.4, -0.2) is 59.0 Å². The van der Waals surface area contributed by atoms with Crippen molar-refractivity contribution in [3.63, 3.8) is 0 Å². The standard InChI is InChI=1S/C14H23F3N6/c1-3-18-13(19-6-11-7-20-22(2)8-11)21-12-4-5-23(9-12)10-14(15,16)17/h7-8,12H,3-6,9-10H2,1-2H3,(H2,18,19,21). The van der Waals surface area contributed by atoms with Crippen LogP contribution in [0.5, 0.6) is 0 Å². The van der Waals surface area contributed by atoms with Crippen LogP contribution in [0.15, 0.2) is 17.4 Å². The fourth-order valence-corrected chi connectivity index (χ4v) is 2.58. The molecule has 9 heteroatoms. The molecule has 1 saturated heterocycles. The molecule has 0 aromatic carbocycles. The number of halogens is 3. The SMILES string of the molecule is CCNC(=NCc1cnn(C)c1)NC1CCN(CC(F)(F)F)C1. The summed E-state index contributed by atoms with van der Waals surface area (Å²) in [5.74, 6) is 0.621. The first-order chi connectivity index (χ1) is 10.9. The van der Waals surface area contributed by atoms with E-state index in [2.05, 4.69) is 20.7 Å². The van der Waals surface area contributed by atoms with Gasteiger partial charge in [-0.3, -0.25) is 9.58 Å². The molecule has 130 valence electrons. The second kappa shape index (κ2) is 7.67. The second-order valence-corrected chi connectivity index (χ2v) is 5.70. The van der Waals surface area contributed by atoms with Gasteiger partial charge in [-0.25, -0.2) is 4.99 Å². The molecule has 1 aromatic heterocycles. The largest absolute Gasteiger partial charge is 0.401 e. The number of rotatable bonds is 5. The molecule has 0 spiro atoms. The molecule has 6 nitrogen and oxygen atoms in total. The summed E-state index contributed by atoms with van der Waals surface area (Å²) in [6.07, 6.45) is 0.155. The lowest BCUT2D eigenvalue weighted by Crippen LogP contribution is -2.45. The van der Waals surface area contributed by atoms with Gasteiger partial charge in [0.05, 0.1) is 19.3 Å². The van der Waals surface area contributed by atoms with Gasteiger partial charge in [-0.2, -0.15) is 18.3 Å². The van der Waals surface area contributed by atoms with Crippen molar-refractivity contribution in [3.05, 3.63) is 18.0 Å². The van der Waals surface area contributed by atoms with Crippen LogP contribution in [0.2, 0.25) is 0 Å². The lowest BCUT2D eigenvalue weighted by Gasteiger charge is -2.19. The van der Waals surface area contributed by atoms with E-state index in [1.165, 1.54) is 4.90 Å². The Balaban J connectivity index is 1.87. The highest BCUT2D eigenvalue weighted by Gasteiger charge is 2.34. The Hall–Kier alpha value is -1.77. The molecule has 1 atom stereocenters. The van der Waals surface area contributed by atoms with Crippen LogP contribution in [0.25, 0.3) is 0 Å². The lowest BCUT2D eigenvalue weighted by molar-refractivity contribution is -0.143. The Morgan fingerprint density at radius 2 is 2.26 bits per heavy atom. The summed E-state index contributed by atoms with van der Waals surface area (Å²) in [5.41, 5.74) is 0.981. The Morgan fingerprint density at radius 3 is 2.87 bits per heavy atom. The zero-order chi connectivity index (χ0) is 16.9. The third-order valence-corrected chi connectivity index (χ3v) is 3.54. The van der Waals surface area contributed by atoms with Crippen molar-refractivity contribution in [1.29, 1.82) is 0 Å². The van der Waals surface area contributed by atoms with Gasteiger partial charge in [0, 0.05) is 44.5 Å². The van der Waals surface area contributed by atoms with Gasteiger partial charge in [0.2, 0.25) is 0 Å². The number of hydrogen-bond donors (Lipinski definition) is 2. The van der Waals surface area contributed by atoms with Crippen LogP contribution in [0.4, 0.5) is 13.2 Å². The van der Waals surface area contributed by atoms with Crippen molar-refractivity contribution in [2.24, 2.45) is 12.0 Å². The van der Waals surface area contributed by atoms with Gasteiger partial charge in [0.25, 0.3) is 0 Å². The number of aliphatic imine (C=N–C) groups is 1. The maximum Gasteiger partial charge on any atom is 0.401 e. The molecule has 0 aliphatic carbocycles. The molecule has 1 unspecified atom stereocenters. The van der Waals surface area contributed by atoms with Gasteiger partial charge < -0.3 is 10.6 Å². The number of likely N-dealkylation sites (tertiary alicyclic amines) is 1. The number of alkyl halides is 3. The van der Waals surface area contributed by atoms with Crippen LogP contribution >= 0.6 is 0 Å². The molecular weight excluding hydrogens is 309 g/mol. The summed E-state index contributed by atoms with van der Waals surface area (Å²) in [4.78, 5) is 5.88. The molecule has 23 heavy (non-hydrogen) atoms. The Morgan fingerprint density at radius 1 is 1.48 bits per heavy atom. The Kier molecular flexibility index (Phi) is 5.86. The van der Waals surface area contributed by atoms with E-state index < -0.39 is 12.7 Å². The summed E-state index contributed by atoms with van der Waals surface area (Å²) < 4.78 is 39.0. The first kappa shape index (κ1) is 17.6. The molecule has 1 aromatic rings. The summed E-state index contributed by atoms with van der Waals surface area (Å²) in [5, 5.41) is 10.4. The minimum Gasteiger partial charge on any atom is -0.357 e. The van der Waals surface area contributed by atoms with Crippen LogP contribution in [0.3, 0.4) is 0 Å². The average Bonchev–Trinajstić information content (AvgIpc) is 3.04. The molecule has 2 heterocycles. The molecule has 1 fully saturated rings. The predicted molar refractivity (Wildman–Crippen MR) is 82.1 cm³/mol. The highest BCUT2D eigenvalue weighted by molar-refractivity contribution is 5.80. The minimum atomic E-state index is -4.15. The summed E-state index contributed by atoms with van der Waals surface area (Å²) >= 11 is 0. The molecule has 2 rings (SSSR count). The Bertz CT molecular complexity index is 525. The van der Waals surface area contributed by atoms with Crippen molar-refractivity contribution in [2.75, 3.05) is 26.2 Å². The molecule has 0 radical (unpaired) electrons. The van der Waals surface area contributed by atoms with E-state index in [4.69, 9.17) is 0 Å². The van der Waals surface area contributed by atoms with Gasteiger partial charge in [-0.15, -0.1) is 0 Å². The third-order valence-electron chi connectivity index (χ3n) is 3.54. The van der Waals surface area contributed by atoms with E-state index in [0.29, 0.717) is 38.6 Å².